The minimum Gasteiger partial charge on any atom is -0.471 e. The highest BCUT2D eigenvalue weighted by Crippen LogP contribution is 2.23. The van der Waals surface area contributed by atoms with E-state index in [-0.39, 0.29) is 30.3 Å². The van der Waals surface area contributed by atoms with E-state index in [1.54, 1.807) is 41.4 Å². The number of halogens is 1. The largest absolute Gasteiger partial charge is 0.471 e. The van der Waals surface area contributed by atoms with Crippen LogP contribution in [0.5, 0.6) is 5.88 Å². The van der Waals surface area contributed by atoms with Gasteiger partial charge in [0.25, 0.3) is 0 Å². The lowest BCUT2D eigenvalue weighted by atomic mass is 10.3. The Balaban J connectivity index is 1.32. The van der Waals surface area contributed by atoms with E-state index in [4.69, 9.17) is 4.74 Å². The number of carbonyl (C=O) groups excluding carboxylic acids is 2. The Labute approximate surface area is 161 Å². The minimum absolute atomic E-state index is 0.0261. The van der Waals surface area contributed by atoms with Crippen LogP contribution in [0.3, 0.4) is 0 Å². The van der Waals surface area contributed by atoms with Gasteiger partial charge in [0.2, 0.25) is 11.8 Å². The van der Waals surface area contributed by atoms with Crippen molar-refractivity contribution in [3.63, 3.8) is 0 Å². The van der Waals surface area contributed by atoms with Crippen LogP contribution in [0.1, 0.15) is 6.42 Å². The molecule has 3 amide bonds. The molecule has 9 heteroatoms. The molecule has 0 N–H and O–H groups in total. The number of urea groups is 1. The monoisotopic (exact) mass is 385 g/mol. The third-order valence-corrected chi connectivity index (χ3v) is 4.90. The number of carbonyl (C=O) groups is 2. The molecule has 8 nitrogen and oxygen atoms in total. The maximum absolute atomic E-state index is 14.0. The zero-order valence-electron chi connectivity index (χ0n) is 15.2. The van der Waals surface area contributed by atoms with Gasteiger partial charge >= 0.3 is 6.03 Å². The molecule has 0 aliphatic carbocycles. The number of aromatic nitrogens is 2. The van der Waals surface area contributed by atoms with Crippen LogP contribution in [0, 0.1) is 5.82 Å². The van der Waals surface area contributed by atoms with E-state index in [0.717, 1.165) is 0 Å². The molecule has 0 saturated carbocycles. The number of para-hydroxylation sites is 1. The first-order valence-corrected chi connectivity index (χ1v) is 9.15. The highest BCUT2D eigenvalue weighted by Gasteiger charge is 2.35. The smallest absolute Gasteiger partial charge is 0.325 e. The number of hydrogen-bond acceptors (Lipinski definition) is 5. The van der Waals surface area contributed by atoms with Crippen LogP contribution in [-0.4, -0.2) is 70.8 Å². The van der Waals surface area contributed by atoms with Gasteiger partial charge in [-0.3, -0.25) is 9.69 Å². The first kappa shape index (κ1) is 18.1. The fraction of sp³-hybridized carbons (Fsp3) is 0.368. The molecular formula is C19H20FN5O3. The number of nitrogens with zero attached hydrogens (tertiary/aromatic N) is 5. The lowest BCUT2D eigenvalue weighted by Crippen LogP contribution is -2.42. The summed E-state index contributed by atoms with van der Waals surface area (Å²) in [6.07, 6.45) is 2.11. The average Bonchev–Trinajstić information content (AvgIpc) is 3.31. The lowest BCUT2D eigenvalue weighted by molar-refractivity contribution is -0.130. The summed E-state index contributed by atoms with van der Waals surface area (Å²) in [5.74, 6) is -0.168. The van der Waals surface area contributed by atoms with Gasteiger partial charge in [-0.25, -0.2) is 9.18 Å². The molecule has 146 valence electrons. The molecule has 2 aliphatic rings. The Morgan fingerprint density at radius 1 is 1.18 bits per heavy atom. The summed E-state index contributed by atoms with van der Waals surface area (Å²) in [6, 6.07) is 9.24. The van der Waals surface area contributed by atoms with Crippen LogP contribution in [0.4, 0.5) is 14.9 Å². The van der Waals surface area contributed by atoms with Crippen molar-refractivity contribution in [2.45, 2.75) is 12.5 Å². The summed E-state index contributed by atoms with van der Waals surface area (Å²) in [5.41, 5.74) is 0.237. The molecule has 2 aliphatic heterocycles. The molecule has 0 bridgehead atoms. The summed E-state index contributed by atoms with van der Waals surface area (Å²) in [7, 11) is 0. The summed E-state index contributed by atoms with van der Waals surface area (Å²) in [6.45, 7) is 1.71. The molecule has 3 heterocycles. The number of ether oxygens (including phenoxy) is 1. The molecule has 0 unspecified atom stereocenters. The number of amides is 3. The van der Waals surface area contributed by atoms with Crippen molar-refractivity contribution in [1.82, 2.24) is 20.0 Å². The van der Waals surface area contributed by atoms with Gasteiger partial charge in [0, 0.05) is 38.3 Å². The molecule has 2 saturated heterocycles. The van der Waals surface area contributed by atoms with Crippen molar-refractivity contribution in [2.24, 2.45) is 0 Å². The maximum atomic E-state index is 14.0. The van der Waals surface area contributed by atoms with Crippen LogP contribution >= 0.6 is 0 Å². The molecular weight excluding hydrogens is 365 g/mol. The second-order valence-electron chi connectivity index (χ2n) is 6.74. The van der Waals surface area contributed by atoms with E-state index in [0.29, 0.717) is 38.5 Å². The van der Waals surface area contributed by atoms with E-state index in [2.05, 4.69) is 10.2 Å². The van der Waals surface area contributed by atoms with Gasteiger partial charge in [-0.05, 0) is 18.2 Å². The van der Waals surface area contributed by atoms with Crippen molar-refractivity contribution < 1.29 is 18.7 Å². The Morgan fingerprint density at radius 2 is 2.04 bits per heavy atom. The Bertz CT molecular complexity index is 866. The van der Waals surface area contributed by atoms with Gasteiger partial charge in [0.05, 0.1) is 12.2 Å². The average molecular weight is 385 g/mol. The first-order valence-electron chi connectivity index (χ1n) is 9.15. The zero-order chi connectivity index (χ0) is 19.5. The Kier molecular flexibility index (Phi) is 5.05. The molecule has 1 atom stereocenters. The lowest BCUT2D eigenvalue weighted by Gasteiger charge is -2.22. The van der Waals surface area contributed by atoms with Crippen LogP contribution in [-0.2, 0) is 4.79 Å². The fourth-order valence-corrected chi connectivity index (χ4v) is 3.46. The number of hydrogen-bond donors (Lipinski definition) is 0. The van der Waals surface area contributed by atoms with E-state index in [9.17, 15) is 14.0 Å². The van der Waals surface area contributed by atoms with Gasteiger partial charge in [0.15, 0.2) is 0 Å². The van der Waals surface area contributed by atoms with Gasteiger partial charge in [-0.1, -0.05) is 12.1 Å². The van der Waals surface area contributed by atoms with Crippen molar-refractivity contribution in [1.29, 1.82) is 0 Å². The molecule has 4 rings (SSSR count). The van der Waals surface area contributed by atoms with Gasteiger partial charge in [-0.2, -0.15) is 5.10 Å². The molecule has 0 spiro atoms. The quantitative estimate of drug-likeness (QED) is 0.780. The predicted octanol–water partition coefficient (Wildman–Crippen LogP) is 1.54. The van der Waals surface area contributed by atoms with Crippen LogP contribution in [0.15, 0.2) is 42.6 Å². The predicted molar refractivity (Wildman–Crippen MR) is 98.4 cm³/mol. The Hall–Kier alpha value is -3.23. The number of likely N-dealkylation sites (tertiary alicyclic amines) is 1. The van der Waals surface area contributed by atoms with Crippen LogP contribution in [0.25, 0.3) is 0 Å². The third-order valence-electron chi connectivity index (χ3n) is 4.90. The van der Waals surface area contributed by atoms with Crippen LogP contribution < -0.4 is 9.64 Å². The molecule has 0 radical (unpaired) electrons. The molecule has 2 fully saturated rings. The van der Waals surface area contributed by atoms with Gasteiger partial charge < -0.3 is 14.5 Å². The first-order chi connectivity index (χ1) is 13.6. The topological polar surface area (TPSA) is 78.9 Å². The highest BCUT2D eigenvalue weighted by molar-refractivity contribution is 5.96. The number of anilines is 1. The third kappa shape index (κ3) is 3.73. The van der Waals surface area contributed by atoms with Gasteiger partial charge in [0.1, 0.15) is 18.5 Å². The summed E-state index contributed by atoms with van der Waals surface area (Å²) < 4.78 is 19.7. The zero-order valence-corrected chi connectivity index (χ0v) is 15.2. The van der Waals surface area contributed by atoms with Crippen molar-refractivity contribution in [3.8, 4) is 5.88 Å². The SMILES string of the molecule is O=C(CN1CCN(c2ccccc2F)C1=O)N1CC[C@H](Oc2cccnn2)C1. The number of benzene rings is 1. The summed E-state index contributed by atoms with van der Waals surface area (Å²) in [5, 5.41) is 7.65. The van der Waals surface area contributed by atoms with E-state index in [1.165, 1.54) is 15.9 Å². The van der Waals surface area contributed by atoms with Crippen molar-refractivity contribution in [2.75, 3.05) is 37.6 Å². The maximum Gasteiger partial charge on any atom is 0.325 e. The second kappa shape index (κ2) is 7.79. The van der Waals surface area contributed by atoms with Crippen molar-refractivity contribution in [3.05, 3.63) is 48.4 Å². The molecule has 2 aromatic rings. The van der Waals surface area contributed by atoms with Crippen molar-refractivity contribution >= 4 is 17.6 Å². The molecule has 1 aromatic heterocycles. The highest BCUT2D eigenvalue weighted by atomic mass is 19.1. The summed E-state index contributed by atoms with van der Waals surface area (Å²) in [4.78, 5) is 29.7. The van der Waals surface area contributed by atoms with E-state index in [1.807, 2.05) is 0 Å². The second-order valence-corrected chi connectivity index (χ2v) is 6.74. The minimum atomic E-state index is -0.451. The fourth-order valence-electron chi connectivity index (χ4n) is 3.46. The number of rotatable bonds is 5. The summed E-state index contributed by atoms with van der Waals surface area (Å²) >= 11 is 0. The molecule has 1 aromatic carbocycles. The standard InChI is InChI=1S/C19H20FN5O3/c20-15-4-1-2-5-16(15)25-11-10-24(19(25)27)13-18(26)23-9-7-14(12-23)28-17-6-3-8-21-22-17/h1-6,8,14H,7,9-13H2/t14-/m0/s1. The Morgan fingerprint density at radius 3 is 2.82 bits per heavy atom. The van der Waals surface area contributed by atoms with E-state index < -0.39 is 5.82 Å². The normalized spacial score (nSPS) is 19.4. The molecule has 28 heavy (non-hydrogen) atoms. The van der Waals surface area contributed by atoms with Gasteiger partial charge in [-0.15, -0.1) is 5.10 Å². The van der Waals surface area contributed by atoms with E-state index >= 15 is 0 Å². The van der Waals surface area contributed by atoms with Crippen LogP contribution in [0.2, 0.25) is 0 Å².